The number of hydrogen-bond donors (Lipinski definition) is 0. The number of rotatable bonds is 3. The molecule has 1 saturated heterocycles. The Morgan fingerprint density at radius 2 is 2.81 bits per heavy atom. The van der Waals surface area contributed by atoms with Crippen LogP contribution in [0.1, 0.15) is 37.2 Å². The molecule has 0 N–H and O–H groups in total. The van der Waals surface area contributed by atoms with Gasteiger partial charge in [0.1, 0.15) is 5.82 Å². The van der Waals surface area contributed by atoms with E-state index in [0.717, 1.165) is 0 Å². The molecule has 2 heterocycles. The van der Waals surface area contributed by atoms with Crippen LogP contribution in [0.4, 0.5) is 0 Å². The van der Waals surface area contributed by atoms with E-state index in [9.17, 15) is 4.79 Å². The number of nitrogens with zero attached hydrogens (tertiary/aromatic N) is 2. The Hall–Kier alpha value is -1.32. The van der Waals surface area contributed by atoms with Crippen molar-refractivity contribution in [3.63, 3.8) is 0 Å². The van der Waals surface area contributed by atoms with E-state index in [1.807, 2.05) is 0 Å². The van der Waals surface area contributed by atoms with Crippen molar-refractivity contribution in [3.8, 4) is 0 Å². The number of imidazole rings is 1. The highest BCUT2D eigenvalue weighted by molar-refractivity contribution is 5.74. The first-order chi connectivity index (χ1) is 11.1. The first-order valence-electron chi connectivity index (χ1n) is 9.41. The molecule has 0 aliphatic carbocycles. The monoisotopic (exact) mass is 231 g/mol. The maximum Gasteiger partial charge on any atom is 0.309 e. The average molecular weight is 231 g/mol. The minimum Gasteiger partial charge on any atom is -0.465 e. The molecule has 88 valence electrons. The van der Waals surface area contributed by atoms with Gasteiger partial charge in [-0.2, -0.15) is 0 Å². The van der Waals surface area contributed by atoms with E-state index < -0.39 is 49.6 Å². The third-order valence-corrected chi connectivity index (χ3v) is 2.41. The van der Waals surface area contributed by atoms with Crippen LogP contribution in [0.2, 0.25) is 0 Å². The highest BCUT2D eigenvalue weighted by Gasteiger charge is 2.35. The number of esters is 1. The molecule has 0 bridgehead atoms. The summed E-state index contributed by atoms with van der Waals surface area (Å²) in [7, 11) is 0. The Labute approximate surface area is 108 Å². The largest absolute Gasteiger partial charge is 0.465 e. The van der Waals surface area contributed by atoms with Gasteiger partial charge in [-0.15, -0.1) is 0 Å². The average Bonchev–Trinajstić information content (AvgIpc) is 2.81. The topological polar surface area (TPSA) is 44.1 Å². The molecular weight excluding hydrogens is 204 g/mol. The van der Waals surface area contributed by atoms with E-state index in [-0.39, 0.29) is 12.2 Å². The number of ether oxygens (including phenoxy) is 1. The highest BCUT2D eigenvalue weighted by atomic mass is 16.5. The predicted octanol–water partition coefficient (Wildman–Crippen LogP) is 1.47. The third kappa shape index (κ3) is 1.84. The maximum atomic E-state index is 12.0. The number of carbonyl (C=O) groups is 1. The molecule has 0 amide bonds. The van der Waals surface area contributed by atoms with Gasteiger partial charge in [0.15, 0.2) is 0 Å². The number of cyclic esters (lactones) is 1. The Morgan fingerprint density at radius 3 is 3.50 bits per heavy atom. The second-order valence-corrected chi connectivity index (χ2v) is 3.42. The molecule has 16 heavy (non-hydrogen) atoms. The molecule has 0 unspecified atom stereocenters. The van der Waals surface area contributed by atoms with Crippen molar-refractivity contribution in [1.82, 2.24) is 9.55 Å². The molecule has 0 saturated carbocycles. The van der Waals surface area contributed by atoms with Crippen molar-refractivity contribution in [1.29, 1.82) is 0 Å². The lowest BCUT2D eigenvalue weighted by Gasteiger charge is -2.13. The molecule has 4 heteroatoms. The fraction of sp³-hybridized carbons (Fsp3) is 0.667. The van der Waals surface area contributed by atoms with Crippen LogP contribution >= 0.6 is 0 Å². The molecular formula is C12H18N2O2. The molecule has 4 nitrogen and oxygen atoms in total. The van der Waals surface area contributed by atoms with E-state index in [1.165, 1.54) is 13.8 Å². The van der Waals surface area contributed by atoms with Crippen molar-refractivity contribution >= 4 is 5.97 Å². The minimum atomic E-state index is -2.87. The quantitative estimate of drug-likeness (QED) is 0.740. The predicted molar refractivity (Wildman–Crippen MR) is 59.9 cm³/mol. The SMILES string of the molecule is [2H]c1nc(C)n(C([2H])([2H])[2H])c1C([2H])([2H])[C@H]1C([2H])([2H])OC(=O)[C@@]1([2H])CC. The molecule has 2 atom stereocenters. The van der Waals surface area contributed by atoms with Gasteiger partial charge in [0, 0.05) is 33.0 Å². The van der Waals surface area contributed by atoms with Crippen molar-refractivity contribution in [2.24, 2.45) is 18.8 Å². The normalized spacial score (nSPS) is 42.5. The molecule has 0 aromatic carbocycles. The summed E-state index contributed by atoms with van der Waals surface area (Å²) in [5.74, 6) is -5.62. The molecule has 2 rings (SSSR count). The van der Waals surface area contributed by atoms with Gasteiger partial charge in [-0.05, 0) is 19.7 Å². The van der Waals surface area contributed by atoms with Crippen LogP contribution in [0.25, 0.3) is 0 Å². The standard InChI is InChI=1S/C12H18N2O2/c1-4-11-9(7-16-12(11)15)5-10-6-13-8(2)14(10)3/h6,9,11H,4-5,7H2,1-3H3/t9-,11-/m0/s1/i3D3,5D2,6D,7D2,11D. The first-order valence-corrected chi connectivity index (χ1v) is 4.91. The van der Waals surface area contributed by atoms with E-state index in [2.05, 4.69) is 9.72 Å². The lowest BCUT2D eigenvalue weighted by molar-refractivity contribution is -0.141. The van der Waals surface area contributed by atoms with Gasteiger partial charge in [-0.1, -0.05) is 6.92 Å². The van der Waals surface area contributed by atoms with Crippen LogP contribution in [-0.4, -0.2) is 22.1 Å². The fourth-order valence-electron chi connectivity index (χ4n) is 1.46. The Balaban J connectivity index is 2.77. The summed E-state index contributed by atoms with van der Waals surface area (Å²) in [6.07, 6.45) is -3.81. The van der Waals surface area contributed by atoms with Crippen LogP contribution in [-0.2, 0) is 22.9 Å². The molecule has 1 aromatic heterocycles. The number of aryl methyl sites for hydroxylation is 1. The summed E-state index contributed by atoms with van der Waals surface area (Å²) in [4.78, 5) is 15.7. The summed E-state index contributed by atoms with van der Waals surface area (Å²) in [5.41, 5.74) is -0.706. The lowest BCUT2D eigenvalue weighted by Crippen LogP contribution is -2.18. The zero-order valence-corrected chi connectivity index (χ0v) is 9.00. The van der Waals surface area contributed by atoms with Crippen LogP contribution in [0.15, 0.2) is 6.17 Å². The Kier molecular flexibility index (Phi) is 1.21. The highest BCUT2D eigenvalue weighted by Crippen LogP contribution is 2.28. The summed E-state index contributed by atoms with van der Waals surface area (Å²) in [6, 6.07) is 0. The summed E-state index contributed by atoms with van der Waals surface area (Å²) < 4.78 is 76.5. The van der Waals surface area contributed by atoms with E-state index in [0.29, 0.717) is 4.57 Å². The third-order valence-electron chi connectivity index (χ3n) is 2.41. The number of hydrogen-bond acceptors (Lipinski definition) is 3. The molecule has 0 radical (unpaired) electrons. The van der Waals surface area contributed by atoms with Crippen LogP contribution in [0.3, 0.4) is 0 Å². The van der Waals surface area contributed by atoms with Gasteiger partial charge < -0.3 is 9.30 Å². The smallest absolute Gasteiger partial charge is 0.309 e. The van der Waals surface area contributed by atoms with Crippen LogP contribution < -0.4 is 0 Å². The number of carbonyl (C=O) groups excluding carboxylic acids is 1. The van der Waals surface area contributed by atoms with Gasteiger partial charge in [0.2, 0.25) is 0 Å². The molecule has 1 aliphatic rings. The zero-order chi connectivity index (χ0) is 19.6. The van der Waals surface area contributed by atoms with Crippen molar-refractivity contribution in [3.05, 3.63) is 17.7 Å². The summed E-state index contributed by atoms with van der Waals surface area (Å²) >= 11 is 0. The van der Waals surface area contributed by atoms with Crippen LogP contribution in [0, 0.1) is 18.7 Å². The van der Waals surface area contributed by atoms with Crippen LogP contribution in [0.5, 0.6) is 0 Å². The van der Waals surface area contributed by atoms with Gasteiger partial charge >= 0.3 is 5.97 Å². The fourth-order valence-corrected chi connectivity index (χ4v) is 1.46. The molecule has 1 aliphatic heterocycles. The lowest BCUT2D eigenvalue weighted by atomic mass is 9.89. The first kappa shape index (κ1) is 4.51. The zero-order valence-electron chi connectivity index (χ0n) is 18.0. The molecule has 0 spiro atoms. The second kappa shape index (κ2) is 4.28. The van der Waals surface area contributed by atoms with Gasteiger partial charge in [0.25, 0.3) is 0 Å². The summed E-state index contributed by atoms with van der Waals surface area (Å²) in [5, 5.41) is 0. The van der Waals surface area contributed by atoms with Crippen molar-refractivity contribution in [2.75, 3.05) is 6.56 Å². The molecule has 1 fully saturated rings. The van der Waals surface area contributed by atoms with E-state index in [4.69, 9.17) is 12.3 Å². The second-order valence-electron chi connectivity index (χ2n) is 3.42. The van der Waals surface area contributed by atoms with Gasteiger partial charge in [-0.25, -0.2) is 4.98 Å². The Morgan fingerprint density at radius 1 is 2.00 bits per heavy atom. The summed E-state index contributed by atoms with van der Waals surface area (Å²) in [6.45, 7) is -3.02. The maximum absolute atomic E-state index is 12.0. The van der Waals surface area contributed by atoms with Gasteiger partial charge in [0.05, 0.1) is 16.6 Å². The van der Waals surface area contributed by atoms with E-state index in [1.54, 1.807) is 0 Å². The Bertz CT molecular complexity index is 712. The van der Waals surface area contributed by atoms with E-state index >= 15 is 0 Å². The van der Waals surface area contributed by atoms with Gasteiger partial charge in [-0.3, -0.25) is 4.79 Å². The van der Waals surface area contributed by atoms with Crippen molar-refractivity contribution in [2.45, 2.75) is 26.6 Å². The minimum absolute atomic E-state index is 0.151. The number of aromatic nitrogens is 2. The van der Waals surface area contributed by atoms with Crippen molar-refractivity contribution < 1.29 is 21.9 Å². The molecule has 1 aromatic rings.